The summed E-state index contributed by atoms with van der Waals surface area (Å²) in [5, 5.41) is 71.3. The Morgan fingerprint density at radius 2 is 1.31 bits per heavy atom. The zero-order valence-electron chi connectivity index (χ0n) is 36.7. The van der Waals surface area contributed by atoms with Gasteiger partial charge in [-0.3, -0.25) is 0 Å². The quantitative estimate of drug-likeness (QED) is 0.0435. The third-order valence-electron chi connectivity index (χ3n) is 14.8. The smallest absolute Gasteiger partial charge is 0.364 e. The molecule has 0 radical (unpaired) electrons. The van der Waals surface area contributed by atoms with Crippen molar-refractivity contribution in [1.82, 2.24) is 19.8 Å². The first-order valence-electron chi connectivity index (χ1n) is 24.4. The number of aromatic nitrogens is 4. The molecule has 13 heteroatoms. The molecule has 1 saturated heterocycles. The van der Waals surface area contributed by atoms with Gasteiger partial charge in [0.2, 0.25) is 0 Å². The molecule has 7 unspecified atom stereocenters. The van der Waals surface area contributed by atoms with E-state index in [1.54, 1.807) is 0 Å². The van der Waals surface area contributed by atoms with Crippen LogP contribution in [0.3, 0.4) is 0 Å². The lowest BCUT2D eigenvalue weighted by Gasteiger charge is -2.45. The molecule has 1 aromatic rings. The molecular weight excluding hydrogens is 753 g/mol. The van der Waals surface area contributed by atoms with Crippen LogP contribution in [-0.2, 0) is 16.0 Å². The van der Waals surface area contributed by atoms with Crippen molar-refractivity contribution in [3.8, 4) is 0 Å². The molecule has 0 aromatic carbocycles. The molecule has 1 aromatic heterocycles. The van der Waals surface area contributed by atoms with Gasteiger partial charge in [0, 0.05) is 6.54 Å². The summed E-state index contributed by atoms with van der Waals surface area (Å²) in [4.78, 5) is 13.6. The van der Waals surface area contributed by atoms with Gasteiger partial charge in [0.1, 0.15) is 36.6 Å². The maximum atomic E-state index is 13.6. The van der Waals surface area contributed by atoms with E-state index in [0.29, 0.717) is 24.8 Å². The Morgan fingerprint density at radius 3 is 1.95 bits per heavy atom. The first kappa shape index (κ1) is 48.6. The molecular formula is C46H84N4O9. The van der Waals surface area contributed by atoms with Crippen molar-refractivity contribution < 1.29 is 40.1 Å². The number of aryl methyl sites for hydroxylation is 1. The van der Waals surface area contributed by atoms with Gasteiger partial charge in [-0.2, -0.15) is 9.36 Å². The lowest BCUT2D eigenvalue weighted by molar-refractivity contribution is -0.304. The largest absolute Gasteiger partial charge is 0.394 e. The highest BCUT2D eigenvalue weighted by Gasteiger charge is 2.47. The second-order valence-corrected chi connectivity index (χ2v) is 19.6. The Morgan fingerprint density at radius 1 is 0.729 bits per heavy atom. The third-order valence-corrected chi connectivity index (χ3v) is 14.8. The number of rotatable bonds is 31. The van der Waals surface area contributed by atoms with Gasteiger partial charge in [0.05, 0.1) is 19.3 Å². The van der Waals surface area contributed by atoms with Gasteiger partial charge in [-0.25, -0.2) is 4.79 Å². The zero-order valence-corrected chi connectivity index (χ0v) is 36.7. The fourth-order valence-corrected chi connectivity index (χ4v) is 11.2. The van der Waals surface area contributed by atoms with Gasteiger partial charge in [-0.05, 0) is 97.8 Å². The van der Waals surface area contributed by atoms with E-state index in [2.05, 4.69) is 17.4 Å². The average Bonchev–Trinajstić information content (AvgIpc) is 3.81. The Bertz CT molecular complexity index is 1340. The Labute approximate surface area is 354 Å². The predicted molar refractivity (Wildman–Crippen MR) is 228 cm³/mol. The normalized spacial score (nSPS) is 30.8. The highest BCUT2D eigenvalue weighted by molar-refractivity contribution is 4.98. The van der Waals surface area contributed by atoms with E-state index >= 15 is 0 Å². The predicted octanol–water partition coefficient (Wildman–Crippen LogP) is 6.73. The van der Waals surface area contributed by atoms with Gasteiger partial charge in [-0.15, -0.1) is 0 Å². The van der Waals surface area contributed by atoms with E-state index in [-0.39, 0.29) is 0 Å². The summed E-state index contributed by atoms with van der Waals surface area (Å²) in [5.41, 5.74) is 0.125. The number of hydrogen-bond donors (Lipinski definition) is 6. The van der Waals surface area contributed by atoms with E-state index in [1.165, 1.54) is 140 Å². The molecule has 5 aliphatic rings. The third kappa shape index (κ3) is 14.8. The van der Waals surface area contributed by atoms with Crippen LogP contribution in [0, 0.1) is 23.2 Å². The summed E-state index contributed by atoms with van der Waals surface area (Å²) < 4.78 is 13.6. The molecule has 342 valence electrons. The number of aliphatic hydroxyl groups is 6. The van der Waals surface area contributed by atoms with Crippen molar-refractivity contribution in [3.05, 3.63) is 10.5 Å². The van der Waals surface area contributed by atoms with Gasteiger partial charge >= 0.3 is 5.69 Å². The zero-order chi connectivity index (χ0) is 42.0. The van der Waals surface area contributed by atoms with Crippen LogP contribution in [0.15, 0.2) is 4.79 Å². The highest BCUT2D eigenvalue weighted by Crippen LogP contribution is 2.58. The topological polar surface area (TPSA) is 193 Å². The Balaban J connectivity index is 1.02. The van der Waals surface area contributed by atoms with E-state index in [1.807, 2.05) is 0 Å². The summed E-state index contributed by atoms with van der Waals surface area (Å²) in [5.74, 6) is 3.10. The maximum absolute atomic E-state index is 13.6. The molecule has 6 N–H and O–H groups in total. The van der Waals surface area contributed by atoms with Crippen molar-refractivity contribution in [2.24, 2.45) is 23.2 Å². The molecule has 13 nitrogen and oxygen atoms in total. The molecule has 59 heavy (non-hydrogen) atoms. The molecule has 4 saturated carbocycles. The molecule has 5 fully saturated rings. The van der Waals surface area contributed by atoms with E-state index in [0.717, 1.165) is 61.0 Å². The molecule has 0 amide bonds. The van der Waals surface area contributed by atoms with Crippen LogP contribution < -0.4 is 5.69 Å². The van der Waals surface area contributed by atoms with Crippen molar-refractivity contribution in [2.75, 3.05) is 13.2 Å². The number of ether oxygens (including phenoxy) is 2. The summed E-state index contributed by atoms with van der Waals surface area (Å²) in [6, 6.07) is -1.18. The minimum absolute atomic E-state index is 0.319. The summed E-state index contributed by atoms with van der Waals surface area (Å²) >= 11 is 0. The Kier molecular flexibility index (Phi) is 21.1. The minimum Gasteiger partial charge on any atom is -0.394 e. The second kappa shape index (κ2) is 25.6. The Hall–Kier alpha value is -1.45. The molecule has 6 rings (SSSR count). The molecule has 2 heterocycles. The number of aliphatic hydroxyl groups excluding tert-OH is 6. The lowest BCUT2D eigenvalue weighted by Crippen LogP contribution is -2.59. The van der Waals surface area contributed by atoms with Gasteiger partial charge < -0.3 is 40.1 Å². The molecule has 0 spiro atoms. The second-order valence-electron chi connectivity index (χ2n) is 19.6. The maximum Gasteiger partial charge on any atom is 0.364 e. The van der Waals surface area contributed by atoms with Crippen LogP contribution in [0.25, 0.3) is 0 Å². The molecule has 4 bridgehead atoms. The summed E-state index contributed by atoms with van der Waals surface area (Å²) in [6.07, 6.45) is 25.5. The van der Waals surface area contributed by atoms with Crippen molar-refractivity contribution in [1.29, 1.82) is 0 Å². The van der Waals surface area contributed by atoms with Gasteiger partial charge in [-0.1, -0.05) is 129 Å². The van der Waals surface area contributed by atoms with E-state index < -0.39 is 67.9 Å². The van der Waals surface area contributed by atoms with Crippen molar-refractivity contribution >= 4 is 0 Å². The number of nitrogens with zero attached hydrogens (tertiary/aromatic N) is 4. The molecule has 4 aliphatic carbocycles. The monoisotopic (exact) mass is 837 g/mol. The number of tetrazole rings is 1. The first-order chi connectivity index (χ1) is 28.6. The average molecular weight is 837 g/mol. The van der Waals surface area contributed by atoms with E-state index in [9.17, 15) is 35.4 Å². The van der Waals surface area contributed by atoms with Crippen molar-refractivity contribution in [2.45, 2.75) is 249 Å². The van der Waals surface area contributed by atoms with E-state index in [4.69, 9.17) is 9.47 Å². The fraction of sp³-hybridized carbons (Fsp3) is 0.978. The highest BCUT2D eigenvalue weighted by atomic mass is 16.7. The lowest BCUT2D eigenvalue weighted by atomic mass is 9.61. The first-order valence-corrected chi connectivity index (χ1v) is 24.4. The SMILES string of the molecule is CCCCCCCCCCCCCC[C@@H](O)[C@@H](O)[C@H](COC1OC(CO)C(O)C(O)C1O)n1nnn(CCCCCCCCCCC23CCC(CC4CC(C4)C2)C3)c1=O. The number of hydrogen-bond acceptors (Lipinski definition) is 11. The van der Waals surface area contributed by atoms with Crippen LogP contribution >= 0.6 is 0 Å². The minimum atomic E-state index is -1.65. The fourth-order valence-electron chi connectivity index (χ4n) is 11.2. The van der Waals surface area contributed by atoms with Crippen LogP contribution in [0.5, 0.6) is 0 Å². The number of unbranched alkanes of at least 4 members (excludes halogenated alkanes) is 18. The molecule has 10 atom stereocenters. The molecule has 1 aliphatic heterocycles. The van der Waals surface area contributed by atoms with Crippen LogP contribution in [0.4, 0.5) is 0 Å². The van der Waals surface area contributed by atoms with Crippen LogP contribution in [-0.4, -0.2) is 107 Å². The van der Waals surface area contributed by atoms with Crippen LogP contribution in [0.1, 0.15) is 199 Å². The standard InChI is InChI=1S/C46H84N4O9/c1-2-3-4-5-6-7-8-9-10-13-16-19-22-38(52)40(53)37(33-58-44-43(56)42(55)41(54)39(32-51)59-44)50-45(57)49(47-48-50)26-21-18-15-12-11-14-17-20-24-46-25-23-34(30-46)27-35-28-36(29-35)31-46/h34-44,51-56H,2-33H2,1H3/t34?,35?,36?,37-,38+,39?,40-,41?,42?,43?,44?,46?/m0/s1. The summed E-state index contributed by atoms with van der Waals surface area (Å²) in [6.45, 7) is 1.57. The van der Waals surface area contributed by atoms with Gasteiger partial charge in [0.25, 0.3) is 0 Å². The van der Waals surface area contributed by atoms with Crippen LogP contribution in [0.2, 0.25) is 0 Å². The summed E-state index contributed by atoms with van der Waals surface area (Å²) in [7, 11) is 0. The van der Waals surface area contributed by atoms with Gasteiger partial charge in [0.15, 0.2) is 6.29 Å². The van der Waals surface area contributed by atoms with Crippen molar-refractivity contribution in [3.63, 3.8) is 0 Å².